The van der Waals surface area contributed by atoms with E-state index in [1.54, 1.807) is 25.1 Å². The summed E-state index contributed by atoms with van der Waals surface area (Å²) < 4.78 is 23.9. The highest BCUT2D eigenvalue weighted by molar-refractivity contribution is 6.03. The van der Waals surface area contributed by atoms with E-state index in [0.717, 1.165) is 6.20 Å². The monoisotopic (exact) mass is 288 g/mol. The fraction of sp³-hybridized carbons (Fsp3) is 0.200. The third kappa shape index (κ3) is 2.79. The Morgan fingerprint density at radius 2 is 2.00 bits per heavy atom. The molecular formula is C15H13FN2O3. The Hall–Kier alpha value is -2.63. The molecule has 2 aromatic rings. The summed E-state index contributed by atoms with van der Waals surface area (Å²) in [5.74, 6) is 0.366. The zero-order chi connectivity index (χ0) is 14.8. The molecule has 6 heteroatoms. The number of carbonyl (C=O) groups excluding carboxylic acids is 1. The maximum Gasteiger partial charge on any atom is 0.274 e. The van der Waals surface area contributed by atoms with Crippen LogP contribution >= 0.6 is 0 Å². The minimum atomic E-state index is -0.469. The van der Waals surface area contributed by atoms with Crippen molar-refractivity contribution in [3.8, 4) is 11.5 Å². The van der Waals surface area contributed by atoms with Gasteiger partial charge in [0.05, 0.1) is 6.20 Å². The van der Waals surface area contributed by atoms with Crippen LogP contribution < -0.4 is 14.8 Å². The first-order chi connectivity index (χ1) is 10.1. The lowest BCUT2D eigenvalue weighted by Gasteiger charge is -2.19. The van der Waals surface area contributed by atoms with E-state index in [2.05, 4.69) is 10.3 Å². The summed E-state index contributed by atoms with van der Waals surface area (Å²) in [4.78, 5) is 16.0. The molecule has 108 valence electrons. The summed E-state index contributed by atoms with van der Waals surface area (Å²) >= 11 is 0. The van der Waals surface area contributed by atoms with E-state index in [9.17, 15) is 9.18 Å². The number of carbonyl (C=O) groups is 1. The highest BCUT2D eigenvalue weighted by Crippen LogP contribution is 2.32. The number of benzene rings is 1. The summed E-state index contributed by atoms with van der Waals surface area (Å²) in [5, 5.41) is 2.71. The average molecular weight is 288 g/mol. The predicted octanol–water partition coefficient (Wildman–Crippen LogP) is 2.55. The molecule has 0 saturated carbocycles. The van der Waals surface area contributed by atoms with Gasteiger partial charge in [0.15, 0.2) is 11.5 Å². The van der Waals surface area contributed by atoms with Gasteiger partial charge in [-0.15, -0.1) is 0 Å². The molecule has 21 heavy (non-hydrogen) atoms. The molecule has 1 aromatic heterocycles. The van der Waals surface area contributed by atoms with Crippen molar-refractivity contribution in [3.05, 3.63) is 47.5 Å². The molecule has 0 spiro atoms. The Morgan fingerprint density at radius 3 is 2.76 bits per heavy atom. The van der Waals surface area contributed by atoms with E-state index < -0.39 is 11.7 Å². The van der Waals surface area contributed by atoms with Crippen LogP contribution in [0.3, 0.4) is 0 Å². The van der Waals surface area contributed by atoms with E-state index in [0.29, 0.717) is 36.0 Å². The molecule has 0 bridgehead atoms. The van der Waals surface area contributed by atoms with Gasteiger partial charge in [-0.3, -0.25) is 4.79 Å². The largest absolute Gasteiger partial charge is 0.486 e. The maximum atomic E-state index is 13.0. The van der Waals surface area contributed by atoms with Gasteiger partial charge in [0.2, 0.25) is 0 Å². The van der Waals surface area contributed by atoms with Crippen LogP contribution in [0.2, 0.25) is 0 Å². The van der Waals surface area contributed by atoms with E-state index >= 15 is 0 Å². The molecule has 1 amide bonds. The van der Waals surface area contributed by atoms with Crippen LogP contribution in [0.25, 0.3) is 0 Å². The van der Waals surface area contributed by atoms with Crippen molar-refractivity contribution in [3.63, 3.8) is 0 Å². The highest BCUT2D eigenvalue weighted by Gasteiger charge is 2.15. The fourth-order valence-electron chi connectivity index (χ4n) is 2.09. The summed E-state index contributed by atoms with van der Waals surface area (Å²) in [6.07, 6.45) is 1.02. The van der Waals surface area contributed by atoms with Crippen molar-refractivity contribution in [2.75, 3.05) is 18.5 Å². The predicted molar refractivity (Wildman–Crippen MR) is 74.3 cm³/mol. The standard InChI is InChI=1S/C15H13FN2O3/c1-9-6-10(16)8-17-14(9)15(19)18-11-2-3-12-13(7-11)21-5-4-20-12/h2-3,6-8H,4-5H2,1H3,(H,18,19). The number of halogens is 1. The normalized spacial score (nSPS) is 12.9. The van der Waals surface area contributed by atoms with Crippen LogP contribution in [-0.4, -0.2) is 24.1 Å². The number of nitrogens with zero attached hydrogens (tertiary/aromatic N) is 1. The maximum absolute atomic E-state index is 13.0. The first kappa shape index (κ1) is 13.4. The SMILES string of the molecule is Cc1cc(F)cnc1C(=O)Nc1ccc2c(c1)OCCO2. The number of aromatic nitrogens is 1. The first-order valence-corrected chi connectivity index (χ1v) is 6.46. The lowest BCUT2D eigenvalue weighted by molar-refractivity contribution is 0.102. The van der Waals surface area contributed by atoms with Crippen molar-refractivity contribution in [2.45, 2.75) is 6.92 Å². The summed E-state index contributed by atoms with van der Waals surface area (Å²) in [5.41, 5.74) is 1.23. The number of rotatable bonds is 2. The number of amides is 1. The number of fused-ring (bicyclic) bond motifs is 1. The van der Waals surface area contributed by atoms with Gasteiger partial charge in [0, 0.05) is 11.8 Å². The van der Waals surface area contributed by atoms with E-state index in [1.807, 2.05) is 0 Å². The number of hydrogen-bond donors (Lipinski definition) is 1. The summed E-state index contributed by atoms with van der Waals surface area (Å²) in [6.45, 7) is 2.62. The molecule has 1 N–H and O–H groups in total. The van der Waals surface area contributed by atoms with Gasteiger partial charge >= 0.3 is 0 Å². The smallest absolute Gasteiger partial charge is 0.274 e. The van der Waals surface area contributed by atoms with Crippen LogP contribution in [0.5, 0.6) is 11.5 Å². The Labute approximate surface area is 120 Å². The number of nitrogens with one attached hydrogen (secondary N) is 1. The van der Waals surface area contributed by atoms with E-state index in [-0.39, 0.29) is 5.69 Å². The lowest BCUT2D eigenvalue weighted by atomic mass is 10.2. The molecule has 0 atom stereocenters. The molecule has 0 fully saturated rings. The summed E-state index contributed by atoms with van der Waals surface area (Å²) in [7, 11) is 0. The van der Waals surface area contributed by atoms with Gasteiger partial charge < -0.3 is 14.8 Å². The molecule has 1 aliphatic heterocycles. The second-order valence-electron chi connectivity index (χ2n) is 4.63. The molecule has 0 saturated heterocycles. The Balaban J connectivity index is 1.81. The first-order valence-electron chi connectivity index (χ1n) is 6.46. The Bertz CT molecular complexity index is 703. The number of anilines is 1. The molecule has 5 nitrogen and oxygen atoms in total. The Kier molecular flexibility index (Phi) is 3.43. The molecule has 1 aliphatic rings. The number of pyridine rings is 1. The van der Waals surface area contributed by atoms with Crippen molar-refractivity contribution in [2.24, 2.45) is 0 Å². The molecule has 0 aliphatic carbocycles. The molecular weight excluding hydrogens is 275 g/mol. The van der Waals surface area contributed by atoms with Crippen molar-refractivity contribution in [1.82, 2.24) is 4.98 Å². The molecule has 2 heterocycles. The van der Waals surface area contributed by atoms with Crippen LogP contribution in [0, 0.1) is 12.7 Å². The van der Waals surface area contributed by atoms with Crippen LogP contribution in [0.4, 0.5) is 10.1 Å². The van der Waals surface area contributed by atoms with E-state index in [4.69, 9.17) is 9.47 Å². The second-order valence-corrected chi connectivity index (χ2v) is 4.63. The van der Waals surface area contributed by atoms with Crippen molar-refractivity contribution in [1.29, 1.82) is 0 Å². The highest BCUT2D eigenvalue weighted by atomic mass is 19.1. The van der Waals surface area contributed by atoms with Gasteiger partial charge in [0.25, 0.3) is 5.91 Å². The molecule has 1 aromatic carbocycles. The topological polar surface area (TPSA) is 60.5 Å². The number of hydrogen-bond acceptors (Lipinski definition) is 4. The number of ether oxygens (including phenoxy) is 2. The number of aryl methyl sites for hydroxylation is 1. The van der Waals surface area contributed by atoms with Gasteiger partial charge in [0.1, 0.15) is 24.7 Å². The van der Waals surface area contributed by atoms with E-state index in [1.165, 1.54) is 6.07 Å². The summed E-state index contributed by atoms with van der Waals surface area (Å²) in [6, 6.07) is 6.40. The van der Waals surface area contributed by atoms with Crippen molar-refractivity contribution < 1.29 is 18.7 Å². The molecule has 3 rings (SSSR count). The third-order valence-electron chi connectivity index (χ3n) is 3.06. The zero-order valence-corrected chi connectivity index (χ0v) is 11.4. The van der Waals surface area contributed by atoms with Gasteiger partial charge in [-0.05, 0) is 30.7 Å². The van der Waals surface area contributed by atoms with Gasteiger partial charge in [-0.2, -0.15) is 0 Å². The lowest BCUT2D eigenvalue weighted by Crippen LogP contribution is -2.17. The van der Waals surface area contributed by atoms with Crippen LogP contribution in [0.1, 0.15) is 16.1 Å². The Morgan fingerprint density at radius 1 is 1.24 bits per heavy atom. The quantitative estimate of drug-likeness (QED) is 0.922. The van der Waals surface area contributed by atoms with Gasteiger partial charge in [-0.25, -0.2) is 9.37 Å². The van der Waals surface area contributed by atoms with Crippen LogP contribution in [-0.2, 0) is 0 Å². The second kappa shape index (κ2) is 5.40. The molecule has 0 unspecified atom stereocenters. The minimum absolute atomic E-state index is 0.186. The van der Waals surface area contributed by atoms with Gasteiger partial charge in [-0.1, -0.05) is 0 Å². The third-order valence-corrected chi connectivity index (χ3v) is 3.06. The van der Waals surface area contributed by atoms with Crippen molar-refractivity contribution >= 4 is 11.6 Å². The minimum Gasteiger partial charge on any atom is -0.486 e. The fourth-order valence-corrected chi connectivity index (χ4v) is 2.09. The van der Waals surface area contributed by atoms with Crippen LogP contribution in [0.15, 0.2) is 30.5 Å². The average Bonchev–Trinajstić information content (AvgIpc) is 2.47. The molecule has 0 radical (unpaired) electrons. The zero-order valence-electron chi connectivity index (χ0n) is 11.4.